The molecule has 4 N–H and O–H groups in total. The van der Waals surface area contributed by atoms with Gasteiger partial charge in [0.2, 0.25) is 5.76 Å². The summed E-state index contributed by atoms with van der Waals surface area (Å²) in [5, 5.41) is 17.2. The first kappa shape index (κ1) is 13.0. The van der Waals surface area contributed by atoms with E-state index >= 15 is 0 Å². The number of aliphatic hydroxyl groups is 1. The third-order valence-corrected chi connectivity index (χ3v) is 2.41. The molecule has 80 valence electrons. The van der Waals surface area contributed by atoms with E-state index in [9.17, 15) is 9.59 Å². The van der Waals surface area contributed by atoms with E-state index in [2.05, 4.69) is 23.1 Å². The molecule has 0 bridgehead atoms. The standard InChI is InChI=1S/C6H9NO5S2/c7-6(11)12-1-2-14-5(13)3(8)4(9)10/h8,13H,1-2H2,(H2,7,11)(H,9,10)/b5-3-. The zero-order chi connectivity index (χ0) is 11.1. The molecule has 0 aliphatic rings. The smallest absolute Gasteiger partial charge is 0.404 e. The Hall–Kier alpha value is -1.02. The summed E-state index contributed by atoms with van der Waals surface area (Å²) in [6.45, 7) is 0.0248. The molecule has 1 amide bonds. The van der Waals surface area contributed by atoms with Crippen molar-refractivity contribution in [3.05, 3.63) is 10.00 Å². The number of carbonyl (C=O) groups is 2. The molecule has 0 saturated heterocycles. The van der Waals surface area contributed by atoms with E-state index in [1.165, 1.54) is 0 Å². The van der Waals surface area contributed by atoms with E-state index in [-0.39, 0.29) is 16.6 Å². The van der Waals surface area contributed by atoms with Crippen molar-refractivity contribution in [2.24, 2.45) is 5.73 Å². The summed E-state index contributed by atoms with van der Waals surface area (Å²) in [6.07, 6.45) is -0.905. The fraction of sp³-hybridized carbons (Fsp3) is 0.333. The van der Waals surface area contributed by atoms with Gasteiger partial charge in [0.05, 0.1) is 4.24 Å². The zero-order valence-corrected chi connectivity index (χ0v) is 8.68. The van der Waals surface area contributed by atoms with Gasteiger partial charge < -0.3 is 20.7 Å². The first-order valence-corrected chi connectivity index (χ1v) is 4.79. The molecule has 0 aromatic rings. The second kappa shape index (κ2) is 6.44. The van der Waals surface area contributed by atoms with Crippen molar-refractivity contribution in [2.45, 2.75) is 0 Å². The van der Waals surface area contributed by atoms with Gasteiger partial charge in [0.15, 0.2) is 0 Å². The van der Waals surface area contributed by atoms with E-state index in [1.807, 2.05) is 0 Å². The second-order valence-electron chi connectivity index (χ2n) is 1.97. The van der Waals surface area contributed by atoms with Crippen LogP contribution in [0.15, 0.2) is 10.00 Å². The molecular formula is C6H9NO5S2. The second-order valence-corrected chi connectivity index (χ2v) is 3.83. The Balaban J connectivity index is 3.84. The summed E-state index contributed by atoms with van der Waals surface area (Å²) >= 11 is 4.66. The number of hydrogen-bond acceptors (Lipinski definition) is 6. The van der Waals surface area contributed by atoms with E-state index < -0.39 is 17.8 Å². The maximum atomic E-state index is 10.2. The molecule has 0 atom stereocenters. The van der Waals surface area contributed by atoms with Crippen molar-refractivity contribution in [3.8, 4) is 0 Å². The monoisotopic (exact) mass is 239 g/mol. The van der Waals surface area contributed by atoms with Crippen LogP contribution >= 0.6 is 24.4 Å². The summed E-state index contributed by atoms with van der Waals surface area (Å²) in [6, 6.07) is 0. The lowest BCUT2D eigenvalue weighted by Crippen LogP contribution is -2.14. The fourth-order valence-corrected chi connectivity index (χ4v) is 1.39. The SMILES string of the molecule is NC(=O)OCCS/C(S)=C(\O)C(=O)O. The number of rotatable bonds is 5. The Kier molecular flexibility index (Phi) is 5.97. The highest BCUT2D eigenvalue weighted by Crippen LogP contribution is 2.22. The largest absolute Gasteiger partial charge is 0.501 e. The number of carbonyl (C=O) groups excluding carboxylic acids is 1. The van der Waals surface area contributed by atoms with Gasteiger partial charge in [0.25, 0.3) is 0 Å². The lowest BCUT2D eigenvalue weighted by atomic mass is 10.6. The van der Waals surface area contributed by atoms with Crippen molar-refractivity contribution < 1.29 is 24.5 Å². The van der Waals surface area contributed by atoms with Crippen molar-refractivity contribution >= 4 is 36.5 Å². The van der Waals surface area contributed by atoms with Gasteiger partial charge in [-0.25, -0.2) is 9.59 Å². The van der Waals surface area contributed by atoms with Crippen LogP contribution in [0.3, 0.4) is 0 Å². The summed E-state index contributed by atoms with van der Waals surface area (Å²) < 4.78 is 4.31. The van der Waals surface area contributed by atoms with Gasteiger partial charge in [-0.15, -0.1) is 24.4 Å². The molecule has 0 aromatic carbocycles. The lowest BCUT2D eigenvalue weighted by molar-refractivity contribution is -0.135. The normalized spacial score (nSPS) is 11.8. The number of carboxylic acids is 1. The minimum absolute atomic E-state index is 0.0248. The van der Waals surface area contributed by atoms with Gasteiger partial charge in [-0.3, -0.25) is 0 Å². The van der Waals surface area contributed by atoms with Gasteiger partial charge in [-0.2, -0.15) is 0 Å². The summed E-state index contributed by atoms with van der Waals surface area (Å²) in [7, 11) is 0. The third kappa shape index (κ3) is 5.60. The van der Waals surface area contributed by atoms with Gasteiger partial charge in [0, 0.05) is 5.75 Å². The van der Waals surface area contributed by atoms with Crippen molar-refractivity contribution in [1.82, 2.24) is 0 Å². The average molecular weight is 239 g/mol. The summed E-state index contributed by atoms with van der Waals surface area (Å²) in [5.41, 5.74) is 4.67. The molecule has 0 radical (unpaired) electrons. The molecule has 0 rings (SSSR count). The van der Waals surface area contributed by atoms with Gasteiger partial charge in [-0.05, 0) is 0 Å². The van der Waals surface area contributed by atoms with Crippen LogP contribution in [0, 0.1) is 0 Å². The van der Waals surface area contributed by atoms with Crippen LogP contribution in [-0.2, 0) is 9.53 Å². The molecule has 0 saturated carbocycles. The van der Waals surface area contributed by atoms with Crippen LogP contribution in [-0.4, -0.2) is 34.6 Å². The Morgan fingerprint density at radius 2 is 2.00 bits per heavy atom. The van der Waals surface area contributed by atoms with Gasteiger partial charge in [0.1, 0.15) is 6.61 Å². The maximum Gasteiger partial charge on any atom is 0.404 e. The molecular weight excluding hydrogens is 230 g/mol. The molecule has 0 aliphatic carbocycles. The Morgan fingerprint density at radius 3 is 2.43 bits per heavy atom. The van der Waals surface area contributed by atoms with E-state index in [0.29, 0.717) is 0 Å². The van der Waals surface area contributed by atoms with Crippen LogP contribution in [0.5, 0.6) is 0 Å². The van der Waals surface area contributed by atoms with Gasteiger partial charge in [-0.1, -0.05) is 0 Å². The number of primary amides is 1. The molecule has 6 nitrogen and oxygen atoms in total. The van der Waals surface area contributed by atoms with E-state index in [0.717, 1.165) is 11.8 Å². The predicted octanol–water partition coefficient (Wildman–Crippen LogP) is 0.556. The molecule has 0 aromatic heterocycles. The van der Waals surface area contributed by atoms with Crippen molar-refractivity contribution in [1.29, 1.82) is 0 Å². The Morgan fingerprint density at radius 1 is 1.43 bits per heavy atom. The number of ether oxygens (including phenoxy) is 1. The maximum absolute atomic E-state index is 10.2. The number of aliphatic carboxylic acids is 1. The highest BCUT2D eigenvalue weighted by molar-refractivity contribution is 8.15. The highest BCUT2D eigenvalue weighted by atomic mass is 32.2. The topological polar surface area (TPSA) is 110 Å². The molecule has 0 heterocycles. The lowest BCUT2D eigenvalue weighted by Gasteiger charge is -2.02. The number of nitrogens with two attached hydrogens (primary N) is 1. The number of thioether (sulfide) groups is 1. The van der Waals surface area contributed by atoms with Crippen molar-refractivity contribution in [3.63, 3.8) is 0 Å². The van der Waals surface area contributed by atoms with Crippen LogP contribution in [0.2, 0.25) is 0 Å². The number of thiol groups is 1. The fourth-order valence-electron chi connectivity index (χ4n) is 0.440. The number of carboxylic acid groups (broad SMARTS) is 1. The zero-order valence-electron chi connectivity index (χ0n) is 6.97. The third-order valence-electron chi connectivity index (χ3n) is 0.972. The molecule has 0 fully saturated rings. The average Bonchev–Trinajstić information content (AvgIpc) is 2.10. The van der Waals surface area contributed by atoms with E-state index in [1.54, 1.807) is 0 Å². The quantitative estimate of drug-likeness (QED) is 0.241. The Bertz CT molecular complexity index is 265. The summed E-state index contributed by atoms with van der Waals surface area (Å²) in [5.74, 6) is -2.03. The number of hydrogen-bond donors (Lipinski definition) is 4. The number of aliphatic hydroxyl groups excluding tert-OH is 1. The van der Waals surface area contributed by atoms with Crippen LogP contribution < -0.4 is 5.73 Å². The van der Waals surface area contributed by atoms with Crippen LogP contribution in [0.1, 0.15) is 0 Å². The predicted molar refractivity (Wildman–Crippen MR) is 54.3 cm³/mol. The van der Waals surface area contributed by atoms with Crippen molar-refractivity contribution in [2.75, 3.05) is 12.4 Å². The first-order valence-electron chi connectivity index (χ1n) is 3.35. The van der Waals surface area contributed by atoms with Crippen LogP contribution in [0.4, 0.5) is 4.79 Å². The Labute approximate surface area is 89.5 Å². The summed E-state index contributed by atoms with van der Waals surface area (Å²) in [4.78, 5) is 20.3. The van der Waals surface area contributed by atoms with E-state index in [4.69, 9.17) is 10.2 Å². The molecule has 14 heavy (non-hydrogen) atoms. The first-order chi connectivity index (χ1) is 6.45. The molecule has 0 aliphatic heterocycles. The highest BCUT2D eigenvalue weighted by Gasteiger charge is 2.10. The molecule has 0 spiro atoms. The molecule has 8 heteroatoms. The molecule has 0 unspecified atom stereocenters. The minimum atomic E-state index is -1.46. The minimum Gasteiger partial charge on any atom is -0.501 e. The van der Waals surface area contributed by atoms with Crippen LogP contribution in [0.25, 0.3) is 0 Å². The van der Waals surface area contributed by atoms with Gasteiger partial charge >= 0.3 is 12.1 Å². The number of amides is 1.